The maximum Gasteiger partial charge on any atom is 0.127 e. The van der Waals surface area contributed by atoms with E-state index in [2.05, 4.69) is 13.0 Å². The number of unbranched alkanes of at least 4 members (excludes halogenated alkanes) is 5. The Bertz CT molecular complexity index is 339. The molecule has 1 rings (SSSR count). The minimum absolute atomic E-state index is 0.0989. The molecule has 18 heavy (non-hydrogen) atoms. The molecule has 101 valence electrons. The maximum absolute atomic E-state index is 9.35. The van der Waals surface area contributed by atoms with Crippen LogP contribution in [0.3, 0.4) is 0 Å². The van der Waals surface area contributed by atoms with Crippen molar-refractivity contribution in [3.05, 3.63) is 23.8 Å². The summed E-state index contributed by atoms with van der Waals surface area (Å²) in [5, 5.41) is 9.35. The van der Waals surface area contributed by atoms with Gasteiger partial charge in [0.05, 0.1) is 12.5 Å². The first-order valence-electron chi connectivity index (χ1n) is 6.70. The summed E-state index contributed by atoms with van der Waals surface area (Å²) in [6.07, 6.45) is 7.42. The number of hydrogen-bond donors (Lipinski definition) is 1. The lowest BCUT2D eigenvalue weighted by molar-refractivity contribution is 0.300. The summed E-state index contributed by atoms with van der Waals surface area (Å²) in [5.74, 6) is 1.15. The van der Waals surface area contributed by atoms with Crippen LogP contribution in [0.5, 0.6) is 11.5 Å². The number of aromatic hydroxyl groups is 1. The summed E-state index contributed by atoms with van der Waals surface area (Å²) < 4.78 is 5.65. The molecule has 1 N–H and O–H groups in total. The number of alkyl halides is 1. The zero-order valence-electron chi connectivity index (χ0n) is 11.0. The van der Waals surface area contributed by atoms with Gasteiger partial charge in [0.1, 0.15) is 11.5 Å². The minimum atomic E-state index is 0.0989. The van der Waals surface area contributed by atoms with Gasteiger partial charge < -0.3 is 9.84 Å². The van der Waals surface area contributed by atoms with Crippen LogP contribution in [-0.2, 0) is 5.88 Å². The number of benzene rings is 1. The molecule has 0 heterocycles. The van der Waals surface area contributed by atoms with Crippen LogP contribution in [0.2, 0.25) is 0 Å². The number of phenols is 1. The average molecular weight is 270 g/mol. The van der Waals surface area contributed by atoms with Crippen molar-refractivity contribution in [1.29, 1.82) is 0 Å². The average Bonchev–Trinajstić information content (AvgIpc) is 2.38. The smallest absolute Gasteiger partial charge is 0.127 e. The van der Waals surface area contributed by atoms with Crippen LogP contribution < -0.4 is 4.74 Å². The summed E-state index contributed by atoms with van der Waals surface area (Å²) in [5.41, 5.74) is 0.875. The molecule has 0 aliphatic heterocycles. The highest BCUT2D eigenvalue weighted by molar-refractivity contribution is 6.17. The van der Waals surface area contributed by atoms with Gasteiger partial charge in [-0.3, -0.25) is 0 Å². The van der Waals surface area contributed by atoms with Gasteiger partial charge >= 0.3 is 0 Å². The predicted octanol–water partition coefficient (Wildman–Crippen LogP) is 4.67. The van der Waals surface area contributed by atoms with Crippen molar-refractivity contribution in [2.75, 3.05) is 6.61 Å². The van der Waals surface area contributed by atoms with Crippen molar-refractivity contribution < 1.29 is 9.84 Å². The van der Waals surface area contributed by atoms with E-state index in [1.165, 1.54) is 32.1 Å². The normalized spacial score (nSPS) is 10.6. The summed E-state index contributed by atoms with van der Waals surface area (Å²) >= 11 is 5.80. The summed E-state index contributed by atoms with van der Waals surface area (Å²) in [6, 6.07) is 5.96. The Kier molecular flexibility index (Phi) is 7.66. The Morgan fingerprint density at radius 3 is 2.67 bits per heavy atom. The van der Waals surface area contributed by atoms with E-state index < -0.39 is 0 Å². The lowest BCUT2D eigenvalue weighted by Gasteiger charge is -2.10. The van der Waals surface area contributed by atoms with E-state index in [0.29, 0.717) is 18.2 Å². The third-order valence-corrected chi connectivity index (χ3v) is 3.17. The highest BCUT2D eigenvalue weighted by atomic mass is 35.5. The second-order valence-corrected chi connectivity index (χ2v) is 4.72. The standard InChI is InChI=1S/C15H22ClO2/c1-2-3-4-5-6-7-10-18-15-11-14(17)9-8-13(15)12-16/h8,11,17H,2-7,10,12H2,1H3. The van der Waals surface area contributed by atoms with Crippen LogP contribution in [0.15, 0.2) is 12.1 Å². The molecule has 0 atom stereocenters. The number of phenolic OH excluding ortho intramolecular Hbond substituents is 1. The van der Waals surface area contributed by atoms with Crippen LogP contribution >= 0.6 is 11.6 Å². The molecular weight excluding hydrogens is 248 g/mol. The fourth-order valence-electron chi connectivity index (χ4n) is 1.79. The molecular formula is C15H22ClO2. The monoisotopic (exact) mass is 269 g/mol. The molecule has 0 saturated carbocycles. The zero-order chi connectivity index (χ0) is 13.2. The van der Waals surface area contributed by atoms with Crippen molar-refractivity contribution in [3.8, 4) is 11.5 Å². The van der Waals surface area contributed by atoms with Crippen molar-refractivity contribution in [2.24, 2.45) is 0 Å². The van der Waals surface area contributed by atoms with Crippen LogP contribution in [0.1, 0.15) is 51.0 Å². The van der Waals surface area contributed by atoms with Gasteiger partial charge in [-0.2, -0.15) is 0 Å². The highest BCUT2D eigenvalue weighted by Gasteiger charge is 2.04. The van der Waals surface area contributed by atoms with Gasteiger partial charge in [-0.05, 0) is 12.5 Å². The van der Waals surface area contributed by atoms with E-state index in [1.54, 1.807) is 12.1 Å². The van der Waals surface area contributed by atoms with Gasteiger partial charge in [0.15, 0.2) is 0 Å². The van der Waals surface area contributed by atoms with E-state index in [-0.39, 0.29) is 5.75 Å². The molecule has 0 unspecified atom stereocenters. The number of rotatable bonds is 9. The Balaban J connectivity index is 2.24. The maximum atomic E-state index is 9.35. The van der Waals surface area contributed by atoms with Gasteiger partial charge in [0.25, 0.3) is 0 Å². The molecule has 3 heteroatoms. The van der Waals surface area contributed by atoms with Gasteiger partial charge in [-0.15, -0.1) is 11.6 Å². The lowest BCUT2D eigenvalue weighted by Crippen LogP contribution is -1.99. The number of ether oxygens (including phenoxy) is 1. The van der Waals surface area contributed by atoms with E-state index in [9.17, 15) is 5.11 Å². The zero-order valence-corrected chi connectivity index (χ0v) is 11.8. The SMILES string of the molecule is CCCCCCCCOc1cc(O)[c]cc1CCl. The van der Waals surface area contributed by atoms with Crippen molar-refractivity contribution in [2.45, 2.75) is 51.3 Å². The quantitative estimate of drug-likeness (QED) is 0.521. The van der Waals surface area contributed by atoms with E-state index in [4.69, 9.17) is 16.3 Å². The molecule has 0 aliphatic carbocycles. The fourth-order valence-corrected chi connectivity index (χ4v) is 2.00. The largest absolute Gasteiger partial charge is 0.507 e. The molecule has 2 nitrogen and oxygen atoms in total. The van der Waals surface area contributed by atoms with Gasteiger partial charge in [-0.1, -0.05) is 39.0 Å². The summed E-state index contributed by atoms with van der Waals surface area (Å²) in [7, 11) is 0. The molecule has 0 aliphatic rings. The van der Waals surface area contributed by atoms with Crippen LogP contribution in [0.25, 0.3) is 0 Å². The molecule has 1 aromatic rings. The molecule has 1 aromatic carbocycles. The van der Waals surface area contributed by atoms with Crippen LogP contribution in [-0.4, -0.2) is 11.7 Å². The van der Waals surface area contributed by atoms with Crippen molar-refractivity contribution >= 4 is 11.6 Å². The first-order chi connectivity index (χ1) is 8.77. The molecule has 0 spiro atoms. The van der Waals surface area contributed by atoms with E-state index >= 15 is 0 Å². The predicted molar refractivity (Wildman–Crippen MR) is 75.4 cm³/mol. The molecule has 0 fully saturated rings. The van der Waals surface area contributed by atoms with Crippen LogP contribution in [0.4, 0.5) is 0 Å². The second-order valence-electron chi connectivity index (χ2n) is 4.46. The van der Waals surface area contributed by atoms with Gasteiger partial charge in [-0.25, -0.2) is 0 Å². The molecule has 0 amide bonds. The number of hydrogen-bond acceptors (Lipinski definition) is 2. The molecule has 0 aromatic heterocycles. The Labute approximate surface area is 115 Å². The Morgan fingerprint density at radius 1 is 1.22 bits per heavy atom. The van der Waals surface area contributed by atoms with Crippen LogP contribution in [0, 0.1) is 6.07 Å². The summed E-state index contributed by atoms with van der Waals surface area (Å²) in [4.78, 5) is 0. The molecule has 0 saturated heterocycles. The van der Waals surface area contributed by atoms with Crippen molar-refractivity contribution in [1.82, 2.24) is 0 Å². The fraction of sp³-hybridized carbons (Fsp3) is 0.600. The third-order valence-electron chi connectivity index (χ3n) is 2.88. The second kappa shape index (κ2) is 9.09. The third kappa shape index (κ3) is 5.63. The highest BCUT2D eigenvalue weighted by Crippen LogP contribution is 2.25. The van der Waals surface area contributed by atoms with Gasteiger partial charge in [0.2, 0.25) is 0 Å². The van der Waals surface area contributed by atoms with E-state index in [0.717, 1.165) is 12.0 Å². The minimum Gasteiger partial charge on any atom is -0.507 e. The molecule has 1 radical (unpaired) electrons. The lowest BCUT2D eigenvalue weighted by atomic mass is 10.1. The van der Waals surface area contributed by atoms with Gasteiger partial charge in [0, 0.05) is 17.7 Å². The number of halogens is 1. The first kappa shape index (κ1) is 15.2. The first-order valence-corrected chi connectivity index (χ1v) is 7.23. The van der Waals surface area contributed by atoms with Crippen molar-refractivity contribution in [3.63, 3.8) is 0 Å². The topological polar surface area (TPSA) is 29.5 Å². The molecule has 0 bridgehead atoms. The van der Waals surface area contributed by atoms with E-state index in [1.807, 2.05) is 0 Å². The Hall–Kier alpha value is -0.890. The summed E-state index contributed by atoms with van der Waals surface area (Å²) in [6.45, 7) is 2.90. The Morgan fingerprint density at radius 2 is 1.94 bits per heavy atom.